The number of hydrogen-bond donors (Lipinski definition) is 0. The zero-order valence-electron chi connectivity index (χ0n) is 25.2. The van der Waals surface area contributed by atoms with Gasteiger partial charge in [-0.3, -0.25) is 0 Å². The maximum absolute atomic E-state index is 3.39. The van der Waals surface area contributed by atoms with Crippen molar-refractivity contribution < 1.29 is 0 Å². The fourth-order valence-corrected chi connectivity index (χ4v) is 183. The molecule has 0 bridgehead atoms. The number of hydrogen-bond acceptors (Lipinski definition) is 1. The molecule has 0 aromatic heterocycles. The minimum Gasteiger partial charge on any atom is -0.426 e. The fraction of sp³-hybridized carbons (Fsp3) is 0.769. The smallest absolute Gasteiger partial charge is 0.138 e. The van der Waals surface area contributed by atoms with Crippen molar-refractivity contribution in [3.63, 3.8) is 0 Å². The lowest BCUT2D eigenvalue weighted by Gasteiger charge is -2.65. The zero-order chi connectivity index (χ0) is 26.0. The Morgan fingerprint density at radius 3 is 1.18 bits per heavy atom. The maximum atomic E-state index is 3.39. The second-order valence-corrected chi connectivity index (χ2v) is 73.7. The second-order valence-electron chi connectivity index (χ2n) is 15.6. The van der Waals surface area contributed by atoms with Crippen LogP contribution in [-0.2, 0) is 0 Å². The third kappa shape index (κ3) is 4.72. The molecule has 0 N–H and O–H groups in total. The predicted octanol–water partition coefficient (Wildman–Crippen LogP) is 9.31. The predicted molar refractivity (Wildman–Crippen MR) is 172 cm³/mol. The van der Waals surface area contributed by atoms with Crippen LogP contribution in [0.25, 0.3) is 0 Å². The van der Waals surface area contributed by atoms with E-state index in [1.165, 1.54) is 0 Å². The minimum atomic E-state index is -1.60. The van der Waals surface area contributed by atoms with Crippen molar-refractivity contribution >= 4 is 50.6 Å². The zero-order valence-corrected chi connectivity index (χ0v) is 31.2. The summed E-state index contributed by atoms with van der Waals surface area (Å²) in [5.41, 5.74) is 5.04. The van der Waals surface area contributed by atoms with E-state index in [-0.39, 0.29) is 0 Å². The van der Waals surface area contributed by atoms with E-state index in [2.05, 4.69) is 129 Å². The number of anilines is 1. The molecular weight excluding hydrogens is 495 g/mol. The lowest BCUT2D eigenvalue weighted by molar-refractivity contribution is 0.834. The summed E-state index contributed by atoms with van der Waals surface area (Å²) < 4.78 is 3.39. The topological polar surface area (TPSA) is 3.24 Å². The van der Waals surface area contributed by atoms with E-state index < -0.39 is 44.9 Å². The highest BCUT2D eigenvalue weighted by molar-refractivity contribution is 8.08. The van der Waals surface area contributed by atoms with Crippen LogP contribution in [-0.4, -0.2) is 44.9 Å². The highest BCUT2D eigenvalue weighted by atomic mass is 30.2. The van der Waals surface area contributed by atoms with Crippen LogP contribution in [0.1, 0.15) is 50.7 Å². The Labute approximate surface area is 213 Å². The second kappa shape index (κ2) is 9.01. The third-order valence-electron chi connectivity index (χ3n) is 8.46. The molecule has 0 atom stereocenters. The highest BCUT2D eigenvalue weighted by Crippen LogP contribution is 2.59. The summed E-state index contributed by atoms with van der Waals surface area (Å²) >= 11 is 0. The van der Waals surface area contributed by atoms with Crippen molar-refractivity contribution in [2.24, 2.45) is 0 Å². The van der Waals surface area contributed by atoms with Gasteiger partial charge in [0.2, 0.25) is 0 Å². The van der Waals surface area contributed by atoms with Crippen LogP contribution in [0.5, 0.6) is 0 Å². The molecule has 1 fully saturated rings. The average molecular weight is 552 g/mol. The largest absolute Gasteiger partial charge is 0.426 e. The van der Waals surface area contributed by atoms with Crippen LogP contribution in [0.3, 0.4) is 0 Å². The number of nitrogens with zero attached hydrogens (tertiary/aromatic N) is 1. The van der Waals surface area contributed by atoms with Gasteiger partial charge in [-0.15, -0.1) is 0 Å². The first-order chi connectivity index (χ1) is 14.6. The van der Waals surface area contributed by atoms with Crippen molar-refractivity contribution in [2.45, 2.75) is 130 Å². The van der Waals surface area contributed by atoms with Crippen molar-refractivity contribution in [3.8, 4) is 0 Å². The van der Waals surface area contributed by atoms with Gasteiger partial charge in [0.1, 0.15) is 16.0 Å². The SMILES string of the molecule is CC(C)c1cccc(C(C)C)c1N([Si](C)(C)C)[Si]1([Si]([Si](C)(C)C)([Si](C)(C)C)[Si](C)(C)C)CC1. The molecule has 1 nitrogen and oxygen atoms in total. The molecule has 1 aliphatic rings. The quantitative estimate of drug-likeness (QED) is 0.276. The van der Waals surface area contributed by atoms with Crippen molar-refractivity contribution in [3.05, 3.63) is 29.3 Å². The number of rotatable bonds is 9. The summed E-state index contributed by atoms with van der Waals surface area (Å²) in [6.07, 6.45) is -1.47. The van der Waals surface area contributed by atoms with E-state index >= 15 is 0 Å². The van der Waals surface area contributed by atoms with E-state index in [0.717, 1.165) is 0 Å². The van der Waals surface area contributed by atoms with Crippen LogP contribution in [0.15, 0.2) is 18.2 Å². The third-order valence-corrected chi connectivity index (χ3v) is 125. The Kier molecular flexibility index (Phi) is 8.07. The van der Waals surface area contributed by atoms with Gasteiger partial charge in [-0.1, -0.05) is 124 Å². The Morgan fingerprint density at radius 2 is 0.970 bits per heavy atom. The fourth-order valence-electron chi connectivity index (χ4n) is 9.32. The molecule has 0 unspecified atom stereocenters. The lowest BCUT2D eigenvalue weighted by Crippen LogP contribution is -2.94. The minimum absolute atomic E-state index is 0.587. The number of para-hydroxylation sites is 1. The van der Waals surface area contributed by atoms with Gasteiger partial charge in [-0.05, 0) is 35.1 Å². The molecule has 0 radical (unpaired) electrons. The van der Waals surface area contributed by atoms with Gasteiger partial charge in [-0.25, -0.2) is 0 Å². The Morgan fingerprint density at radius 1 is 0.636 bits per heavy atom. The van der Waals surface area contributed by atoms with Crippen LogP contribution in [0, 0.1) is 0 Å². The van der Waals surface area contributed by atoms with Gasteiger partial charge in [0.05, 0.1) is 6.14 Å². The summed E-state index contributed by atoms with van der Waals surface area (Å²) in [6.45, 7) is 43.4. The number of benzene rings is 1. The molecule has 1 aromatic carbocycles. The Balaban J connectivity index is 3.11. The van der Waals surface area contributed by atoms with E-state index in [0.29, 0.717) is 11.8 Å². The first kappa shape index (κ1) is 29.6. The summed E-state index contributed by atoms with van der Waals surface area (Å²) in [5.74, 6) is 1.17. The molecule has 0 aliphatic carbocycles. The van der Waals surface area contributed by atoms with Gasteiger partial charge in [-0.2, -0.15) is 0 Å². The van der Waals surface area contributed by atoms with Crippen molar-refractivity contribution in [1.29, 1.82) is 0 Å². The molecule has 0 amide bonds. The molecule has 1 heterocycles. The van der Waals surface area contributed by atoms with Crippen molar-refractivity contribution in [2.75, 3.05) is 4.23 Å². The van der Waals surface area contributed by atoms with Gasteiger partial charge in [0, 0.05) is 28.5 Å². The van der Waals surface area contributed by atoms with E-state index in [4.69, 9.17) is 0 Å². The maximum Gasteiger partial charge on any atom is 0.138 e. The van der Waals surface area contributed by atoms with Crippen LogP contribution in [0.4, 0.5) is 5.69 Å². The molecule has 2 rings (SSSR count). The Bertz CT molecular complexity index is 783. The first-order valence-corrected chi connectivity index (χ1v) is 35.8. The molecule has 33 heavy (non-hydrogen) atoms. The summed E-state index contributed by atoms with van der Waals surface area (Å²) in [6, 6.07) is 10.5. The summed E-state index contributed by atoms with van der Waals surface area (Å²) in [5, 5.41) is 0. The van der Waals surface area contributed by atoms with Gasteiger partial charge in [0.25, 0.3) is 0 Å². The summed E-state index contributed by atoms with van der Waals surface area (Å²) in [7, 11) is -7.20. The van der Waals surface area contributed by atoms with Gasteiger partial charge >= 0.3 is 0 Å². The standard InChI is InChI=1S/C26H57NSi6/c1-22(2)24-18-17-19-25(23(3)4)26(24)27(28(5,6)7)32(20-21-32)33(29(8,9)10,30(11,12)13)31(14,15)16/h17-19,22-23H,20-21H2,1-16H3. The molecule has 1 aliphatic heterocycles. The van der Waals surface area contributed by atoms with Crippen LogP contribution in [0.2, 0.25) is 90.7 Å². The Hall–Kier alpha value is 0.321. The highest BCUT2D eigenvalue weighted by Gasteiger charge is 2.79. The molecule has 1 saturated heterocycles. The molecular formula is C26H57NSi6. The first-order valence-electron chi connectivity index (χ1n) is 13.5. The molecule has 1 aromatic rings. The molecule has 0 spiro atoms. The van der Waals surface area contributed by atoms with E-state index in [1.807, 2.05) is 0 Å². The van der Waals surface area contributed by atoms with Gasteiger partial charge < -0.3 is 4.23 Å². The van der Waals surface area contributed by atoms with Crippen LogP contribution < -0.4 is 4.23 Å². The monoisotopic (exact) mass is 551 g/mol. The normalized spacial score (nSPS) is 17.6. The molecule has 0 saturated carbocycles. The van der Waals surface area contributed by atoms with E-state index in [1.54, 1.807) is 28.9 Å². The van der Waals surface area contributed by atoms with E-state index in [9.17, 15) is 0 Å². The lowest BCUT2D eigenvalue weighted by atomic mass is 9.93. The van der Waals surface area contributed by atoms with Crippen LogP contribution >= 0.6 is 0 Å². The molecule has 7 heteroatoms. The summed E-state index contributed by atoms with van der Waals surface area (Å²) in [4.78, 5) is 0. The molecule has 190 valence electrons. The van der Waals surface area contributed by atoms with Gasteiger partial charge in [0.15, 0.2) is 0 Å². The van der Waals surface area contributed by atoms with Crippen molar-refractivity contribution in [1.82, 2.24) is 0 Å². The average Bonchev–Trinajstić information content (AvgIpc) is 3.30.